The highest BCUT2D eigenvalue weighted by atomic mass is 16.2. The van der Waals surface area contributed by atoms with Gasteiger partial charge in [0, 0.05) is 19.2 Å². The molecule has 0 saturated heterocycles. The quantitative estimate of drug-likeness (QED) is 0.706. The first-order chi connectivity index (χ1) is 10.7. The number of pyridine rings is 1. The van der Waals surface area contributed by atoms with Crippen molar-refractivity contribution in [3.8, 4) is 0 Å². The lowest BCUT2D eigenvalue weighted by molar-refractivity contribution is -0.122. The Bertz CT molecular complexity index is 706. The van der Waals surface area contributed by atoms with Crippen LogP contribution in [0.4, 0.5) is 0 Å². The zero-order valence-electron chi connectivity index (χ0n) is 12.3. The number of aryl methyl sites for hydroxylation is 2. The molecule has 1 atom stereocenters. The lowest BCUT2D eigenvalue weighted by atomic mass is 9.86. The van der Waals surface area contributed by atoms with E-state index in [1.54, 1.807) is 6.20 Å². The van der Waals surface area contributed by atoms with Gasteiger partial charge in [-0.25, -0.2) is 9.89 Å². The minimum atomic E-state index is -0.302. The Morgan fingerprint density at radius 3 is 3.18 bits per heavy atom. The largest absolute Gasteiger partial charge is 0.356 e. The topological polar surface area (TPSA) is 104 Å². The first-order valence-electron chi connectivity index (χ1n) is 7.59. The van der Waals surface area contributed by atoms with Gasteiger partial charge >= 0.3 is 5.69 Å². The summed E-state index contributed by atoms with van der Waals surface area (Å²) in [6.45, 7) is 0.562. The first kappa shape index (κ1) is 14.5. The number of aromatic amines is 2. The van der Waals surface area contributed by atoms with E-state index < -0.39 is 0 Å². The summed E-state index contributed by atoms with van der Waals surface area (Å²) in [6, 6.07) is 3.97. The molecule has 1 unspecified atom stereocenters. The molecule has 1 aliphatic rings. The number of carbonyl (C=O) groups is 1. The highest BCUT2D eigenvalue weighted by Crippen LogP contribution is 2.29. The van der Waals surface area contributed by atoms with Crippen LogP contribution in [0.15, 0.2) is 23.1 Å². The Labute approximate surface area is 127 Å². The predicted octanol–water partition coefficient (Wildman–Crippen LogP) is 0.662. The van der Waals surface area contributed by atoms with Crippen LogP contribution < -0.4 is 11.0 Å². The summed E-state index contributed by atoms with van der Waals surface area (Å²) < 4.78 is 0. The number of fused-ring (bicyclic) bond motifs is 1. The van der Waals surface area contributed by atoms with Crippen molar-refractivity contribution in [2.24, 2.45) is 0 Å². The van der Waals surface area contributed by atoms with Crippen molar-refractivity contribution in [2.45, 2.75) is 38.0 Å². The molecule has 1 amide bonds. The second-order valence-corrected chi connectivity index (χ2v) is 5.51. The van der Waals surface area contributed by atoms with Crippen molar-refractivity contribution in [2.75, 3.05) is 6.54 Å². The minimum Gasteiger partial charge on any atom is -0.356 e. The zero-order valence-corrected chi connectivity index (χ0v) is 12.3. The molecule has 0 saturated carbocycles. The Hall–Kier alpha value is -2.44. The smallest absolute Gasteiger partial charge is 0.340 e. The maximum atomic E-state index is 12.3. The fourth-order valence-corrected chi connectivity index (χ4v) is 2.88. The second-order valence-electron chi connectivity index (χ2n) is 5.51. The molecule has 116 valence electrons. The summed E-state index contributed by atoms with van der Waals surface area (Å²) in [5.74, 6) is 0.509. The number of aromatic nitrogens is 4. The van der Waals surface area contributed by atoms with Crippen molar-refractivity contribution in [1.82, 2.24) is 25.5 Å². The van der Waals surface area contributed by atoms with Gasteiger partial charge in [0.1, 0.15) is 5.82 Å². The molecular formula is C15H19N5O2. The van der Waals surface area contributed by atoms with Crippen molar-refractivity contribution in [3.63, 3.8) is 0 Å². The average molecular weight is 301 g/mol. The van der Waals surface area contributed by atoms with E-state index in [2.05, 4.69) is 31.5 Å². The number of nitrogens with one attached hydrogen (secondary N) is 3. The second kappa shape index (κ2) is 6.55. The molecule has 2 heterocycles. The van der Waals surface area contributed by atoms with E-state index in [1.807, 2.05) is 6.07 Å². The number of carbonyl (C=O) groups excluding carboxylic acids is 1. The van der Waals surface area contributed by atoms with Gasteiger partial charge in [0.05, 0.1) is 11.6 Å². The molecule has 7 nitrogen and oxygen atoms in total. The van der Waals surface area contributed by atoms with E-state index in [1.165, 1.54) is 5.56 Å². The molecule has 3 N–H and O–H groups in total. The Morgan fingerprint density at radius 2 is 2.36 bits per heavy atom. The fraction of sp³-hybridized carbons (Fsp3) is 0.467. The lowest BCUT2D eigenvalue weighted by Gasteiger charge is -2.23. The lowest BCUT2D eigenvalue weighted by Crippen LogP contribution is -2.32. The monoisotopic (exact) mass is 301 g/mol. The maximum Gasteiger partial charge on any atom is 0.340 e. The first-order valence-corrected chi connectivity index (χ1v) is 7.59. The van der Waals surface area contributed by atoms with Crippen LogP contribution in [0.5, 0.6) is 0 Å². The number of nitrogens with zero attached hydrogens (tertiary/aromatic N) is 2. The Kier molecular flexibility index (Phi) is 4.32. The fourth-order valence-electron chi connectivity index (χ4n) is 2.88. The van der Waals surface area contributed by atoms with Gasteiger partial charge in [-0.1, -0.05) is 6.07 Å². The zero-order chi connectivity index (χ0) is 15.4. The molecule has 0 aromatic carbocycles. The van der Waals surface area contributed by atoms with Gasteiger partial charge in [-0.3, -0.25) is 14.8 Å². The van der Waals surface area contributed by atoms with Crippen LogP contribution in [0.25, 0.3) is 0 Å². The van der Waals surface area contributed by atoms with Gasteiger partial charge in [-0.15, -0.1) is 0 Å². The SMILES string of the molecule is O=C(NCCCc1n[nH]c(=O)[nH]1)C1CCCc2cccnc21. The van der Waals surface area contributed by atoms with E-state index >= 15 is 0 Å². The molecule has 22 heavy (non-hydrogen) atoms. The van der Waals surface area contributed by atoms with E-state index in [0.717, 1.165) is 31.4 Å². The number of rotatable bonds is 5. The summed E-state index contributed by atoms with van der Waals surface area (Å²) in [7, 11) is 0. The van der Waals surface area contributed by atoms with Gasteiger partial charge in [-0.05, 0) is 37.3 Å². The summed E-state index contributed by atoms with van der Waals surface area (Å²) in [5.41, 5.74) is 1.80. The molecule has 0 radical (unpaired) electrons. The van der Waals surface area contributed by atoms with Crippen LogP contribution in [0.2, 0.25) is 0 Å². The van der Waals surface area contributed by atoms with Crippen molar-refractivity contribution >= 4 is 5.91 Å². The minimum absolute atomic E-state index is 0.0372. The van der Waals surface area contributed by atoms with Gasteiger partial charge in [-0.2, -0.15) is 5.10 Å². The normalized spacial score (nSPS) is 17.0. The molecule has 1 aliphatic carbocycles. The van der Waals surface area contributed by atoms with Crippen molar-refractivity contribution in [3.05, 3.63) is 45.9 Å². The summed E-state index contributed by atoms with van der Waals surface area (Å²) in [4.78, 5) is 30.2. The van der Waals surface area contributed by atoms with Crippen LogP contribution in [0, 0.1) is 0 Å². The van der Waals surface area contributed by atoms with E-state index in [0.29, 0.717) is 18.8 Å². The van der Waals surface area contributed by atoms with Crippen LogP contribution in [-0.2, 0) is 17.6 Å². The maximum absolute atomic E-state index is 12.3. The molecule has 0 aliphatic heterocycles. The van der Waals surface area contributed by atoms with Crippen molar-refractivity contribution in [1.29, 1.82) is 0 Å². The summed E-state index contributed by atoms with van der Waals surface area (Å²) in [5, 5.41) is 9.12. The highest BCUT2D eigenvalue weighted by molar-refractivity contribution is 5.83. The molecule has 7 heteroatoms. The number of hydrogen-bond acceptors (Lipinski definition) is 4. The molecule has 0 fully saturated rings. The van der Waals surface area contributed by atoms with Gasteiger partial charge in [0.15, 0.2) is 0 Å². The molecule has 3 rings (SSSR count). The van der Waals surface area contributed by atoms with Gasteiger partial charge in [0.25, 0.3) is 0 Å². The van der Waals surface area contributed by atoms with Crippen LogP contribution >= 0.6 is 0 Å². The molecule has 0 bridgehead atoms. The molecular weight excluding hydrogens is 282 g/mol. The standard InChI is InChI=1S/C15H19N5O2/c21-14(17-9-3-7-12-18-15(22)20-19-12)11-6-1-4-10-5-2-8-16-13(10)11/h2,5,8,11H,1,3-4,6-7,9H2,(H,17,21)(H2,18,19,20,22). The van der Waals surface area contributed by atoms with E-state index in [9.17, 15) is 9.59 Å². The number of H-pyrrole nitrogens is 2. The Balaban J connectivity index is 1.51. The summed E-state index contributed by atoms with van der Waals surface area (Å²) >= 11 is 0. The van der Waals surface area contributed by atoms with Crippen molar-refractivity contribution < 1.29 is 4.79 Å². The van der Waals surface area contributed by atoms with Crippen LogP contribution in [-0.4, -0.2) is 32.6 Å². The third-order valence-electron chi connectivity index (χ3n) is 3.95. The highest BCUT2D eigenvalue weighted by Gasteiger charge is 2.27. The van der Waals surface area contributed by atoms with Gasteiger partial charge in [0.2, 0.25) is 5.91 Å². The third-order valence-corrected chi connectivity index (χ3v) is 3.95. The van der Waals surface area contributed by atoms with E-state index in [-0.39, 0.29) is 17.5 Å². The van der Waals surface area contributed by atoms with Gasteiger partial charge < -0.3 is 5.32 Å². The number of hydrogen-bond donors (Lipinski definition) is 3. The molecule has 0 spiro atoms. The number of amides is 1. The predicted molar refractivity (Wildman–Crippen MR) is 80.5 cm³/mol. The van der Waals surface area contributed by atoms with E-state index in [4.69, 9.17) is 0 Å². The third kappa shape index (κ3) is 3.24. The van der Waals surface area contributed by atoms with Crippen LogP contribution in [0.3, 0.4) is 0 Å². The Morgan fingerprint density at radius 1 is 1.45 bits per heavy atom. The molecule has 2 aromatic heterocycles. The van der Waals surface area contributed by atoms with Crippen LogP contribution in [0.1, 0.15) is 42.3 Å². The molecule has 2 aromatic rings. The average Bonchev–Trinajstić information content (AvgIpc) is 2.96. The summed E-state index contributed by atoms with van der Waals surface area (Å²) in [6.07, 6.45) is 5.97.